The number of carbonyl (C=O) groups excluding carboxylic acids is 1. The van der Waals surface area contributed by atoms with Crippen molar-refractivity contribution in [2.24, 2.45) is 0 Å². The van der Waals surface area contributed by atoms with Gasteiger partial charge in [-0.05, 0) is 39.1 Å². The van der Waals surface area contributed by atoms with Gasteiger partial charge >= 0.3 is 6.03 Å². The van der Waals surface area contributed by atoms with Crippen LogP contribution in [0.4, 0.5) is 4.79 Å². The SMILES string of the molecule is COc1ccccc1C(CNC(=O)NC1CCCOc2ccccc21)N(C)C. The van der Waals surface area contributed by atoms with Gasteiger partial charge in [-0.2, -0.15) is 0 Å². The molecule has 0 saturated heterocycles. The molecule has 3 rings (SSSR count). The average Bonchev–Trinajstić information content (AvgIpc) is 2.90. The lowest BCUT2D eigenvalue weighted by Crippen LogP contribution is -2.42. The quantitative estimate of drug-likeness (QED) is 0.801. The minimum Gasteiger partial charge on any atom is -0.496 e. The van der Waals surface area contributed by atoms with Crippen molar-refractivity contribution in [3.8, 4) is 11.5 Å². The van der Waals surface area contributed by atoms with Crippen LogP contribution in [0.15, 0.2) is 48.5 Å². The summed E-state index contributed by atoms with van der Waals surface area (Å²) in [6.07, 6.45) is 1.76. The predicted octanol–water partition coefficient (Wildman–Crippen LogP) is 3.51. The summed E-state index contributed by atoms with van der Waals surface area (Å²) in [7, 11) is 5.66. The van der Waals surface area contributed by atoms with Gasteiger partial charge in [0.1, 0.15) is 11.5 Å². The van der Waals surface area contributed by atoms with Crippen LogP contribution in [0.1, 0.15) is 36.1 Å². The van der Waals surface area contributed by atoms with E-state index in [-0.39, 0.29) is 18.1 Å². The van der Waals surface area contributed by atoms with Crippen LogP contribution in [0.3, 0.4) is 0 Å². The monoisotopic (exact) mass is 383 g/mol. The van der Waals surface area contributed by atoms with Crippen LogP contribution in [-0.4, -0.2) is 45.3 Å². The molecule has 2 N–H and O–H groups in total. The second-order valence-corrected chi connectivity index (χ2v) is 7.16. The van der Waals surface area contributed by atoms with Crippen molar-refractivity contribution in [2.75, 3.05) is 34.4 Å². The van der Waals surface area contributed by atoms with Gasteiger partial charge in [0.15, 0.2) is 0 Å². The van der Waals surface area contributed by atoms with Crippen LogP contribution in [0.2, 0.25) is 0 Å². The normalized spacial score (nSPS) is 17.1. The van der Waals surface area contributed by atoms with Crippen molar-refractivity contribution in [3.05, 3.63) is 59.7 Å². The third-order valence-electron chi connectivity index (χ3n) is 5.07. The van der Waals surface area contributed by atoms with Crippen LogP contribution >= 0.6 is 0 Å². The third kappa shape index (κ3) is 4.75. The molecule has 0 bridgehead atoms. The van der Waals surface area contributed by atoms with Gasteiger partial charge in [-0.15, -0.1) is 0 Å². The van der Waals surface area contributed by atoms with E-state index in [1.165, 1.54) is 0 Å². The summed E-state index contributed by atoms with van der Waals surface area (Å²) in [6, 6.07) is 15.6. The molecule has 6 heteroatoms. The number of rotatable bonds is 6. The molecule has 2 atom stereocenters. The second-order valence-electron chi connectivity index (χ2n) is 7.16. The van der Waals surface area contributed by atoms with E-state index in [2.05, 4.69) is 15.5 Å². The first kappa shape index (κ1) is 20.0. The van der Waals surface area contributed by atoms with Crippen molar-refractivity contribution >= 4 is 6.03 Å². The molecule has 2 aromatic carbocycles. The zero-order valence-corrected chi connectivity index (χ0v) is 16.8. The molecule has 0 saturated carbocycles. The van der Waals surface area contributed by atoms with Crippen LogP contribution in [0, 0.1) is 0 Å². The Balaban J connectivity index is 1.66. The fraction of sp³-hybridized carbons (Fsp3) is 0.409. The van der Waals surface area contributed by atoms with Crippen molar-refractivity contribution in [1.82, 2.24) is 15.5 Å². The van der Waals surface area contributed by atoms with Crippen molar-refractivity contribution in [3.63, 3.8) is 0 Å². The number of amides is 2. The summed E-state index contributed by atoms with van der Waals surface area (Å²) >= 11 is 0. The first-order chi connectivity index (χ1) is 13.6. The van der Waals surface area contributed by atoms with Gasteiger partial charge in [-0.3, -0.25) is 0 Å². The van der Waals surface area contributed by atoms with E-state index in [1.54, 1.807) is 7.11 Å². The minimum absolute atomic E-state index is 0.00616. The number of nitrogens with one attached hydrogen (secondary N) is 2. The van der Waals surface area contributed by atoms with Crippen LogP contribution in [0.5, 0.6) is 11.5 Å². The lowest BCUT2D eigenvalue weighted by Gasteiger charge is -2.27. The topological polar surface area (TPSA) is 62.8 Å². The first-order valence-electron chi connectivity index (χ1n) is 9.65. The molecule has 0 radical (unpaired) electrons. The van der Waals surface area contributed by atoms with Gasteiger partial charge < -0.3 is 25.0 Å². The number of carbonyl (C=O) groups is 1. The first-order valence-corrected chi connectivity index (χ1v) is 9.65. The highest BCUT2D eigenvalue weighted by atomic mass is 16.5. The Labute approximate surface area is 166 Å². The number of hydrogen-bond acceptors (Lipinski definition) is 4. The fourth-order valence-corrected chi connectivity index (χ4v) is 3.59. The molecular weight excluding hydrogens is 354 g/mol. The predicted molar refractivity (Wildman–Crippen MR) is 110 cm³/mol. The van der Waals surface area contributed by atoms with Gasteiger partial charge in [0.2, 0.25) is 0 Å². The molecule has 2 aromatic rings. The Morgan fingerprint density at radius 2 is 1.96 bits per heavy atom. The van der Waals surface area contributed by atoms with Gasteiger partial charge in [-0.1, -0.05) is 36.4 Å². The van der Waals surface area contributed by atoms with E-state index in [4.69, 9.17) is 9.47 Å². The number of urea groups is 1. The maximum absolute atomic E-state index is 12.6. The number of nitrogens with zero attached hydrogens (tertiary/aromatic N) is 1. The minimum atomic E-state index is -0.177. The van der Waals surface area contributed by atoms with E-state index >= 15 is 0 Å². The standard InChI is InChI=1S/C22H29N3O3/c1-25(2)19(17-10-5-6-12-20(17)27-3)15-23-22(26)24-18-11-8-14-28-21-13-7-4-9-16(18)21/h4-7,9-10,12-13,18-19H,8,11,14-15H2,1-3H3,(H2,23,24,26). The molecule has 0 spiro atoms. The molecule has 150 valence electrons. The highest BCUT2D eigenvalue weighted by Crippen LogP contribution is 2.31. The van der Waals surface area contributed by atoms with Crippen LogP contribution in [0.25, 0.3) is 0 Å². The molecule has 0 fully saturated rings. The van der Waals surface area contributed by atoms with Gasteiger partial charge in [-0.25, -0.2) is 4.79 Å². The van der Waals surface area contributed by atoms with E-state index in [0.29, 0.717) is 13.2 Å². The Bertz CT molecular complexity index is 794. The number of likely N-dealkylation sites (N-methyl/N-ethyl adjacent to an activating group) is 1. The lowest BCUT2D eigenvalue weighted by molar-refractivity contribution is 0.227. The third-order valence-corrected chi connectivity index (χ3v) is 5.07. The summed E-state index contributed by atoms with van der Waals surface area (Å²) in [6.45, 7) is 1.15. The summed E-state index contributed by atoms with van der Waals surface area (Å²) in [5, 5.41) is 6.13. The largest absolute Gasteiger partial charge is 0.496 e. The molecule has 2 amide bonds. The Morgan fingerprint density at radius 1 is 1.21 bits per heavy atom. The summed E-state index contributed by atoms with van der Waals surface area (Å²) < 4.78 is 11.3. The maximum atomic E-state index is 12.6. The zero-order chi connectivity index (χ0) is 19.9. The number of methoxy groups -OCH3 is 1. The number of hydrogen-bond donors (Lipinski definition) is 2. The van der Waals surface area contributed by atoms with Crippen LogP contribution < -0.4 is 20.1 Å². The summed E-state index contributed by atoms with van der Waals surface area (Å²) in [5.41, 5.74) is 2.08. The van der Waals surface area contributed by atoms with E-state index in [9.17, 15) is 4.79 Å². The molecule has 2 unspecified atom stereocenters. The van der Waals surface area contributed by atoms with Gasteiger partial charge in [0, 0.05) is 17.7 Å². The number of benzene rings is 2. The zero-order valence-electron chi connectivity index (χ0n) is 16.8. The fourth-order valence-electron chi connectivity index (χ4n) is 3.59. The molecule has 0 aromatic heterocycles. The van der Waals surface area contributed by atoms with E-state index in [0.717, 1.165) is 35.5 Å². The molecule has 1 aliphatic rings. The highest BCUT2D eigenvalue weighted by molar-refractivity contribution is 5.74. The number of fused-ring (bicyclic) bond motifs is 1. The molecule has 1 aliphatic heterocycles. The van der Waals surface area contributed by atoms with Crippen molar-refractivity contribution in [2.45, 2.75) is 24.9 Å². The van der Waals surface area contributed by atoms with Gasteiger partial charge in [0.05, 0.1) is 25.8 Å². The summed E-state index contributed by atoms with van der Waals surface area (Å²) in [5.74, 6) is 1.67. The Morgan fingerprint density at radius 3 is 2.75 bits per heavy atom. The molecule has 6 nitrogen and oxygen atoms in total. The molecular formula is C22H29N3O3. The highest BCUT2D eigenvalue weighted by Gasteiger charge is 2.23. The van der Waals surface area contributed by atoms with E-state index < -0.39 is 0 Å². The van der Waals surface area contributed by atoms with Gasteiger partial charge in [0.25, 0.3) is 0 Å². The lowest BCUT2D eigenvalue weighted by atomic mass is 10.0. The molecule has 28 heavy (non-hydrogen) atoms. The Hall–Kier alpha value is -2.73. The van der Waals surface area contributed by atoms with Crippen LogP contribution in [-0.2, 0) is 0 Å². The maximum Gasteiger partial charge on any atom is 0.315 e. The molecule has 0 aliphatic carbocycles. The second kappa shape index (κ2) is 9.46. The van der Waals surface area contributed by atoms with Crippen molar-refractivity contribution in [1.29, 1.82) is 0 Å². The Kier molecular flexibility index (Phi) is 6.76. The average molecular weight is 383 g/mol. The number of para-hydroxylation sites is 2. The summed E-state index contributed by atoms with van der Waals surface area (Å²) in [4.78, 5) is 14.7. The smallest absolute Gasteiger partial charge is 0.315 e. The number of ether oxygens (including phenoxy) is 2. The van der Waals surface area contributed by atoms with Crippen molar-refractivity contribution < 1.29 is 14.3 Å². The van der Waals surface area contributed by atoms with E-state index in [1.807, 2.05) is 62.6 Å². The molecule has 1 heterocycles.